The van der Waals surface area contributed by atoms with E-state index in [9.17, 15) is 0 Å². The molecule has 1 aromatic heterocycles. The lowest BCUT2D eigenvalue weighted by molar-refractivity contribution is 0.435. The first-order valence-electron chi connectivity index (χ1n) is 5.97. The van der Waals surface area contributed by atoms with Crippen molar-refractivity contribution in [3.8, 4) is 0 Å². The maximum Gasteiger partial charge on any atom is 0.0881 e. The second kappa shape index (κ2) is 4.75. The van der Waals surface area contributed by atoms with E-state index in [1.165, 1.54) is 0 Å². The van der Waals surface area contributed by atoms with Crippen LogP contribution in [0.3, 0.4) is 0 Å². The summed E-state index contributed by atoms with van der Waals surface area (Å²) in [5.74, 6) is 0. The van der Waals surface area contributed by atoms with Crippen molar-refractivity contribution in [2.75, 3.05) is 18.4 Å². The summed E-state index contributed by atoms with van der Waals surface area (Å²) in [5.41, 5.74) is 2.35. The van der Waals surface area contributed by atoms with E-state index < -0.39 is 0 Å². The summed E-state index contributed by atoms with van der Waals surface area (Å²) in [6.45, 7) is 8.34. The average Bonchev–Trinajstić information content (AvgIpc) is 2.71. The molecule has 0 bridgehead atoms. The zero-order chi connectivity index (χ0) is 12.3. The fraction of sp³-hybridized carbons (Fsp3) is 0.462. The highest BCUT2D eigenvalue weighted by molar-refractivity contribution is 5.89. The smallest absolute Gasteiger partial charge is 0.0881 e. The largest absolute Gasteiger partial charge is 0.382 e. The minimum atomic E-state index is 0.168. The molecular formula is C13H20N4. The molecule has 2 aromatic rings. The monoisotopic (exact) mass is 232 g/mol. The molecule has 0 aliphatic carbocycles. The van der Waals surface area contributed by atoms with Crippen LogP contribution < -0.4 is 10.6 Å². The zero-order valence-electron chi connectivity index (χ0n) is 10.7. The Labute approximate surface area is 102 Å². The van der Waals surface area contributed by atoms with Gasteiger partial charge < -0.3 is 10.6 Å². The highest BCUT2D eigenvalue weighted by atomic mass is 15.1. The number of aromatic nitrogens is 2. The molecule has 0 amide bonds. The van der Waals surface area contributed by atoms with E-state index in [-0.39, 0.29) is 5.54 Å². The summed E-state index contributed by atoms with van der Waals surface area (Å²) in [6, 6.07) is 6.16. The third kappa shape index (κ3) is 3.20. The van der Waals surface area contributed by atoms with Gasteiger partial charge in [-0.05, 0) is 26.8 Å². The molecule has 0 spiro atoms. The second-order valence-corrected chi connectivity index (χ2v) is 5.24. The quantitative estimate of drug-likeness (QED) is 0.709. The fourth-order valence-corrected chi connectivity index (χ4v) is 1.75. The molecule has 92 valence electrons. The van der Waals surface area contributed by atoms with Crippen LogP contribution in [0.5, 0.6) is 0 Å². The number of nitrogens with one attached hydrogen (secondary N) is 3. The molecule has 0 saturated carbocycles. The maximum absolute atomic E-state index is 4.05. The molecule has 0 radical (unpaired) electrons. The standard InChI is InChI=1S/C13H20N4/c1-13(2,3)15-8-7-14-11-6-4-5-10-9-16-17-12(10)11/h4-6,9,14-15H,7-8H2,1-3H3,(H,16,17). The molecule has 0 aliphatic heterocycles. The van der Waals surface area contributed by atoms with Gasteiger partial charge in [0.25, 0.3) is 0 Å². The average molecular weight is 232 g/mol. The molecule has 4 nitrogen and oxygen atoms in total. The molecule has 0 unspecified atom stereocenters. The summed E-state index contributed by atoms with van der Waals surface area (Å²) >= 11 is 0. The number of rotatable bonds is 4. The normalized spacial score (nSPS) is 11.9. The van der Waals surface area contributed by atoms with Gasteiger partial charge in [0, 0.05) is 24.0 Å². The molecule has 0 aliphatic rings. The Morgan fingerprint density at radius 2 is 2.06 bits per heavy atom. The van der Waals surface area contributed by atoms with E-state index in [1.54, 1.807) is 0 Å². The Balaban J connectivity index is 1.93. The van der Waals surface area contributed by atoms with Gasteiger partial charge in [-0.2, -0.15) is 5.10 Å². The number of nitrogens with zero attached hydrogens (tertiary/aromatic N) is 1. The molecule has 3 N–H and O–H groups in total. The molecule has 2 rings (SSSR count). The highest BCUT2D eigenvalue weighted by Gasteiger charge is 2.07. The Hall–Kier alpha value is -1.55. The topological polar surface area (TPSA) is 52.7 Å². The van der Waals surface area contributed by atoms with Gasteiger partial charge in [0.05, 0.1) is 17.4 Å². The van der Waals surface area contributed by atoms with Crippen LogP contribution in [0.4, 0.5) is 5.69 Å². The van der Waals surface area contributed by atoms with Crippen molar-refractivity contribution in [1.82, 2.24) is 15.5 Å². The molecule has 0 saturated heterocycles. The first kappa shape index (κ1) is 11.9. The van der Waals surface area contributed by atoms with Crippen molar-refractivity contribution in [1.29, 1.82) is 0 Å². The zero-order valence-corrected chi connectivity index (χ0v) is 10.7. The molecular weight excluding hydrogens is 212 g/mol. The van der Waals surface area contributed by atoms with Gasteiger partial charge >= 0.3 is 0 Å². The summed E-state index contributed by atoms with van der Waals surface area (Å²) in [6.07, 6.45) is 1.84. The van der Waals surface area contributed by atoms with Crippen LogP contribution >= 0.6 is 0 Å². The number of anilines is 1. The summed E-state index contributed by atoms with van der Waals surface area (Å²) in [4.78, 5) is 0. The number of fused-ring (bicyclic) bond motifs is 1. The predicted molar refractivity (Wildman–Crippen MR) is 72.3 cm³/mol. The van der Waals surface area contributed by atoms with Gasteiger partial charge in [0.1, 0.15) is 0 Å². The fourth-order valence-electron chi connectivity index (χ4n) is 1.75. The van der Waals surface area contributed by atoms with E-state index in [4.69, 9.17) is 0 Å². The third-order valence-electron chi connectivity index (χ3n) is 2.57. The molecule has 1 aromatic carbocycles. The van der Waals surface area contributed by atoms with Crippen LogP contribution in [0.1, 0.15) is 20.8 Å². The van der Waals surface area contributed by atoms with E-state index in [0.717, 1.165) is 29.7 Å². The van der Waals surface area contributed by atoms with Crippen LogP contribution in [0.2, 0.25) is 0 Å². The second-order valence-electron chi connectivity index (χ2n) is 5.24. The number of aromatic amines is 1. The van der Waals surface area contributed by atoms with Crippen molar-refractivity contribution in [3.05, 3.63) is 24.4 Å². The van der Waals surface area contributed by atoms with Crippen LogP contribution in [-0.4, -0.2) is 28.8 Å². The van der Waals surface area contributed by atoms with E-state index in [0.29, 0.717) is 0 Å². The van der Waals surface area contributed by atoms with E-state index in [2.05, 4.69) is 53.7 Å². The van der Waals surface area contributed by atoms with Crippen molar-refractivity contribution in [3.63, 3.8) is 0 Å². The minimum absolute atomic E-state index is 0.168. The first-order valence-corrected chi connectivity index (χ1v) is 5.97. The van der Waals surface area contributed by atoms with Crippen LogP contribution in [0, 0.1) is 0 Å². The van der Waals surface area contributed by atoms with Crippen molar-refractivity contribution < 1.29 is 0 Å². The highest BCUT2D eigenvalue weighted by Crippen LogP contribution is 2.19. The lowest BCUT2D eigenvalue weighted by Crippen LogP contribution is -2.38. The molecule has 1 heterocycles. The number of benzene rings is 1. The number of para-hydroxylation sites is 1. The lowest BCUT2D eigenvalue weighted by atomic mass is 10.1. The molecule has 0 fully saturated rings. The Morgan fingerprint density at radius 1 is 1.24 bits per heavy atom. The van der Waals surface area contributed by atoms with Gasteiger partial charge in [0.2, 0.25) is 0 Å². The van der Waals surface area contributed by atoms with Crippen molar-refractivity contribution in [2.24, 2.45) is 0 Å². The summed E-state index contributed by atoms with van der Waals surface area (Å²) in [5, 5.41) is 15.1. The van der Waals surface area contributed by atoms with Crippen LogP contribution in [0.15, 0.2) is 24.4 Å². The summed E-state index contributed by atoms with van der Waals surface area (Å²) in [7, 11) is 0. The van der Waals surface area contributed by atoms with Crippen molar-refractivity contribution >= 4 is 16.6 Å². The number of hydrogen-bond acceptors (Lipinski definition) is 3. The van der Waals surface area contributed by atoms with Crippen LogP contribution in [-0.2, 0) is 0 Å². The van der Waals surface area contributed by atoms with Gasteiger partial charge in [-0.3, -0.25) is 5.10 Å². The Bertz CT molecular complexity index is 481. The van der Waals surface area contributed by atoms with E-state index in [1.807, 2.05) is 12.3 Å². The maximum atomic E-state index is 4.05. The van der Waals surface area contributed by atoms with Crippen molar-refractivity contribution in [2.45, 2.75) is 26.3 Å². The molecule has 4 heteroatoms. The van der Waals surface area contributed by atoms with Gasteiger partial charge in [0.15, 0.2) is 0 Å². The number of H-pyrrole nitrogens is 1. The first-order chi connectivity index (χ1) is 8.06. The molecule has 17 heavy (non-hydrogen) atoms. The van der Waals surface area contributed by atoms with Gasteiger partial charge in [-0.1, -0.05) is 12.1 Å². The van der Waals surface area contributed by atoms with Gasteiger partial charge in [-0.15, -0.1) is 0 Å². The SMILES string of the molecule is CC(C)(C)NCCNc1cccc2cn[nH]c12. The number of hydrogen-bond donors (Lipinski definition) is 3. The Kier molecular flexibility index (Phi) is 3.33. The summed E-state index contributed by atoms with van der Waals surface area (Å²) < 4.78 is 0. The van der Waals surface area contributed by atoms with E-state index >= 15 is 0 Å². The predicted octanol–water partition coefficient (Wildman–Crippen LogP) is 2.36. The van der Waals surface area contributed by atoms with Crippen LogP contribution in [0.25, 0.3) is 10.9 Å². The van der Waals surface area contributed by atoms with Gasteiger partial charge in [-0.25, -0.2) is 0 Å². The Morgan fingerprint density at radius 3 is 2.82 bits per heavy atom. The third-order valence-corrected chi connectivity index (χ3v) is 2.57. The lowest BCUT2D eigenvalue weighted by Gasteiger charge is -2.20. The molecule has 0 atom stereocenters. The minimum Gasteiger partial charge on any atom is -0.382 e.